The molecule has 184 valence electrons. The molecule has 1 aromatic heterocycles. The van der Waals surface area contributed by atoms with E-state index in [9.17, 15) is 4.79 Å². The molecule has 0 bridgehead atoms. The molecule has 4 rings (SSSR count). The molecule has 0 saturated heterocycles. The van der Waals surface area contributed by atoms with Gasteiger partial charge in [0, 0.05) is 21.8 Å². The van der Waals surface area contributed by atoms with Crippen LogP contribution in [0.4, 0.5) is 0 Å². The van der Waals surface area contributed by atoms with E-state index < -0.39 is 0 Å². The first kappa shape index (κ1) is 25.6. The van der Waals surface area contributed by atoms with Crippen molar-refractivity contribution >= 4 is 47.1 Å². The number of rotatable bonds is 9. The van der Waals surface area contributed by atoms with Crippen LogP contribution < -0.4 is 14.9 Å². The van der Waals surface area contributed by atoms with Gasteiger partial charge in [0.15, 0.2) is 22.5 Å². The molecule has 0 spiro atoms. The van der Waals surface area contributed by atoms with E-state index in [1.807, 2.05) is 53.1 Å². The Morgan fingerprint density at radius 2 is 1.81 bits per heavy atom. The highest BCUT2D eigenvalue weighted by Gasteiger charge is 2.18. The van der Waals surface area contributed by atoms with Crippen molar-refractivity contribution < 1.29 is 14.3 Å². The highest BCUT2D eigenvalue weighted by Crippen LogP contribution is 2.34. The topological polar surface area (TPSA) is 90.6 Å². The maximum Gasteiger partial charge on any atom is 0.250 e. The van der Waals surface area contributed by atoms with Gasteiger partial charge in [-0.05, 0) is 42.5 Å². The summed E-state index contributed by atoms with van der Waals surface area (Å²) in [4.78, 5) is 12.4. The zero-order valence-corrected chi connectivity index (χ0v) is 21.6. The molecule has 0 aliphatic rings. The third kappa shape index (κ3) is 5.99. The summed E-state index contributed by atoms with van der Waals surface area (Å²) in [7, 11) is 3.16. The number of nitrogens with zero attached hydrogens (tertiary/aromatic N) is 4. The SMILES string of the molecule is COc1ccc(-c2nnc(SCC(=O)NN=Cc3ccc(Cl)cc3Cl)n2-c2ccccc2)cc1OC. The molecule has 0 aliphatic heterocycles. The number of ether oxygens (including phenoxy) is 2. The third-order valence-corrected chi connectivity index (χ3v) is 6.47. The van der Waals surface area contributed by atoms with E-state index in [4.69, 9.17) is 32.7 Å². The number of carbonyl (C=O) groups excluding carboxylic acids is 1. The van der Waals surface area contributed by atoms with Gasteiger partial charge < -0.3 is 9.47 Å². The van der Waals surface area contributed by atoms with Crippen LogP contribution in [0.3, 0.4) is 0 Å². The highest BCUT2D eigenvalue weighted by atomic mass is 35.5. The molecule has 3 aromatic carbocycles. The number of aromatic nitrogens is 3. The molecule has 0 saturated carbocycles. The minimum Gasteiger partial charge on any atom is -0.493 e. The molecule has 4 aromatic rings. The second-order valence-electron chi connectivity index (χ2n) is 7.29. The van der Waals surface area contributed by atoms with Crippen molar-refractivity contribution in [2.75, 3.05) is 20.0 Å². The fourth-order valence-electron chi connectivity index (χ4n) is 3.28. The second-order valence-corrected chi connectivity index (χ2v) is 9.08. The van der Waals surface area contributed by atoms with E-state index in [-0.39, 0.29) is 11.7 Å². The molecule has 0 atom stereocenters. The number of thioether (sulfide) groups is 1. The van der Waals surface area contributed by atoms with Crippen molar-refractivity contribution in [3.05, 3.63) is 82.3 Å². The summed E-state index contributed by atoms with van der Waals surface area (Å²) in [5.41, 5.74) is 4.77. The van der Waals surface area contributed by atoms with Crippen LogP contribution in [0.2, 0.25) is 10.0 Å². The van der Waals surface area contributed by atoms with E-state index in [1.54, 1.807) is 32.4 Å². The van der Waals surface area contributed by atoms with Crippen molar-refractivity contribution in [2.24, 2.45) is 5.10 Å². The van der Waals surface area contributed by atoms with E-state index in [0.717, 1.165) is 11.3 Å². The standard InChI is InChI=1S/C25H21Cl2N5O3S/c1-34-21-11-9-16(12-22(21)35-2)24-30-31-25(32(24)19-6-4-3-5-7-19)36-15-23(33)29-28-14-17-8-10-18(26)13-20(17)27/h3-14H,15H2,1-2H3,(H,29,33). The summed E-state index contributed by atoms with van der Waals surface area (Å²) in [6, 6.07) is 20.2. The summed E-state index contributed by atoms with van der Waals surface area (Å²) >= 11 is 13.3. The molecule has 0 fully saturated rings. The molecule has 0 unspecified atom stereocenters. The van der Waals surface area contributed by atoms with Crippen LogP contribution in [0.25, 0.3) is 17.1 Å². The molecule has 36 heavy (non-hydrogen) atoms. The predicted molar refractivity (Wildman–Crippen MR) is 143 cm³/mol. The number of nitrogens with one attached hydrogen (secondary N) is 1. The van der Waals surface area contributed by atoms with Crippen LogP contribution in [-0.2, 0) is 4.79 Å². The number of amides is 1. The lowest BCUT2D eigenvalue weighted by molar-refractivity contribution is -0.118. The summed E-state index contributed by atoms with van der Waals surface area (Å²) < 4.78 is 12.7. The summed E-state index contributed by atoms with van der Waals surface area (Å²) in [6.45, 7) is 0. The van der Waals surface area contributed by atoms with Gasteiger partial charge in [-0.2, -0.15) is 5.10 Å². The van der Waals surface area contributed by atoms with Crippen LogP contribution in [0.1, 0.15) is 5.56 Å². The van der Waals surface area contributed by atoms with E-state index >= 15 is 0 Å². The lowest BCUT2D eigenvalue weighted by Gasteiger charge is -2.12. The monoisotopic (exact) mass is 541 g/mol. The molecule has 1 N–H and O–H groups in total. The Morgan fingerprint density at radius 1 is 1.03 bits per heavy atom. The van der Waals surface area contributed by atoms with Crippen molar-refractivity contribution in [2.45, 2.75) is 5.16 Å². The molecule has 0 aliphatic carbocycles. The van der Waals surface area contributed by atoms with Gasteiger partial charge in [-0.25, -0.2) is 5.43 Å². The van der Waals surface area contributed by atoms with Crippen molar-refractivity contribution in [1.29, 1.82) is 0 Å². The first-order valence-corrected chi connectivity index (χ1v) is 12.4. The van der Waals surface area contributed by atoms with Crippen molar-refractivity contribution in [1.82, 2.24) is 20.2 Å². The van der Waals surface area contributed by atoms with Gasteiger partial charge >= 0.3 is 0 Å². The molecule has 0 radical (unpaired) electrons. The van der Waals surface area contributed by atoms with Crippen LogP contribution in [0.5, 0.6) is 11.5 Å². The number of benzene rings is 3. The number of hydrazone groups is 1. The Kier molecular flexibility index (Phi) is 8.48. The van der Waals surface area contributed by atoms with Gasteiger partial charge in [-0.3, -0.25) is 9.36 Å². The Bertz CT molecular complexity index is 1400. The fourth-order valence-corrected chi connectivity index (χ4v) is 4.48. The number of para-hydroxylation sites is 1. The first-order chi connectivity index (χ1) is 17.5. The Balaban J connectivity index is 1.54. The number of methoxy groups -OCH3 is 2. The minimum atomic E-state index is -0.309. The number of hydrogen-bond acceptors (Lipinski definition) is 7. The Morgan fingerprint density at radius 3 is 2.53 bits per heavy atom. The van der Waals surface area contributed by atoms with E-state index in [2.05, 4.69) is 20.7 Å². The summed E-state index contributed by atoms with van der Waals surface area (Å²) in [5.74, 6) is 1.54. The van der Waals surface area contributed by atoms with Crippen LogP contribution in [-0.4, -0.2) is 46.9 Å². The number of carbonyl (C=O) groups is 1. The lowest BCUT2D eigenvalue weighted by atomic mass is 10.2. The predicted octanol–water partition coefficient (Wildman–Crippen LogP) is 5.50. The quantitative estimate of drug-likeness (QED) is 0.171. The fraction of sp³-hybridized carbons (Fsp3) is 0.120. The van der Waals surface area contributed by atoms with Crippen LogP contribution in [0, 0.1) is 0 Å². The van der Waals surface area contributed by atoms with E-state index in [1.165, 1.54) is 18.0 Å². The molecular formula is C25H21Cl2N5O3S. The number of halogens is 2. The molecule has 8 nitrogen and oxygen atoms in total. The summed E-state index contributed by atoms with van der Waals surface area (Å²) in [6.07, 6.45) is 1.46. The maximum absolute atomic E-state index is 12.4. The lowest BCUT2D eigenvalue weighted by Crippen LogP contribution is -2.20. The first-order valence-electron chi connectivity index (χ1n) is 10.6. The Labute approximate surface area is 222 Å². The normalized spacial score (nSPS) is 11.0. The zero-order valence-electron chi connectivity index (χ0n) is 19.3. The second kappa shape index (κ2) is 11.9. The van der Waals surface area contributed by atoms with Gasteiger partial charge in [0.25, 0.3) is 5.91 Å². The molecule has 11 heteroatoms. The average Bonchev–Trinajstić information content (AvgIpc) is 3.32. The van der Waals surface area contributed by atoms with Gasteiger partial charge in [0.2, 0.25) is 0 Å². The minimum absolute atomic E-state index is 0.0720. The highest BCUT2D eigenvalue weighted by molar-refractivity contribution is 7.99. The zero-order chi connectivity index (χ0) is 25.5. The summed E-state index contributed by atoms with van der Waals surface area (Å²) in [5, 5.41) is 14.2. The van der Waals surface area contributed by atoms with Gasteiger partial charge in [0.05, 0.1) is 31.2 Å². The number of hydrogen-bond donors (Lipinski definition) is 1. The third-order valence-electron chi connectivity index (χ3n) is 4.98. The van der Waals surface area contributed by atoms with Gasteiger partial charge in [0.1, 0.15) is 0 Å². The van der Waals surface area contributed by atoms with Crippen molar-refractivity contribution in [3.8, 4) is 28.6 Å². The van der Waals surface area contributed by atoms with Gasteiger partial charge in [-0.15, -0.1) is 10.2 Å². The molecule has 1 heterocycles. The van der Waals surface area contributed by atoms with E-state index in [0.29, 0.717) is 38.1 Å². The van der Waals surface area contributed by atoms with Gasteiger partial charge in [-0.1, -0.05) is 59.2 Å². The molecular weight excluding hydrogens is 521 g/mol. The molecule has 1 amide bonds. The smallest absolute Gasteiger partial charge is 0.250 e. The van der Waals surface area contributed by atoms with Crippen LogP contribution >= 0.6 is 35.0 Å². The maximum atomic E-state index is 12.4. The van der Waals surface area contributed by atoms with Crippen molar-refractivity contribution in [3.63, 3.8) is 0 Å². The Hall–Kier alpha value is -3.53. The largest absolute Gasteiger partial charge is 0.493 e. The van der Waals surface area contributed by atoms with Crippen LogP contribution in [0.15, 0.2) is 77.0 Å². The average molecular weight is 542 g/mol.